The van der Waals surface area contributed by atoms with Crippen LogP contribution in [-0.4, -0.2) is 16.2 Å². The third-order valence-electron chi connectivity index (χ3n) is 2.71. The zero-order chi connectivity index (χ0) is 15.3. The molecule has 1 N–H and O–H groups in total. The number of ether oxygens (including phenoxy) is 1. The highest BCUT2D eigenvalue weighted by atomic mass is 19.4. The van der Waals surface area contributed by atoms with E-state index in [1.165, 1.54) is 30.7 Å². The summed E-state index contributed by atoms with van der Waals surface area (Å²) >= 11 is 0. The largest absolute Gasteiger partial charge is 0.453 e. The Labute approximate surface area is 120 Å². The van der Waals surface area contributed by atoms with Crippen molar-refractivity contribution in [2.45, 2.75) is 25.7 Å². The summed E-state index contributed by atoms with van der Waals surface area (Å²) in [4.78, 5) is 7.86. The predicted octanol–water partition coefficient (Wildman–Crippen LogP) is 3.72. The average Bonchev–Trinajstić information content (AvgIpc) is 2.47. The lowest BCUT2D eigenvalue weighted by Crippen LogP contribution is -2.25. The SMILES string of the molecule is CCC(Nc1ccc(C(F)(F)F)cc1)Oc1cnccn1. The third-order valence-corrected chi connectivity index (χ3v) is 2.71. The molecule has 112 valence electrons. The molecule has 0 amide bonds. The van der Waals surface area contributed by atoms with Gasteiger partial charge in [-0.3, -0.25) is 4.98 Å². The first-order valence-corrected chi connectivity index (χ1v) is 6.35. The van der Waals surface area contributed by atoms with Gasteiger partial charge in [-0.1, -0.05) is 6.92 Å². The van der Waals surface area contributed by atoms with Crippen molar-refractivity contribution >= 4 is 5.69 Å². The van der Waals surface area contributed by atoms with Gasteiger partial charge in [-0.05, 0) is 24.3 Å². The van der Waals surface area contributed by atoms with E-state index in [1.54, 1.807) is 0 Å². The number of nitrogens with one attached hydrogen (secondary N) is 1. The molecule has 7 heteroatoms. The summed E-state index contributed by atoms with van der Waals surface area (Å²) in [5.41, 5.74) is -0.144. The Kier molecular flexibility index (Phi) is 4.62. The van der Waals surface area contributed by atoms with Crippen molar-refractivity contribution in [2.24, 2.45) is 0 Å². The highest BCUT2D eigenvalue weighted by molar-refractivity contribution is 5.45. The van der Waals surface area contributed by atoms with Crippen LogP contribution in [0.4, 0.5) is 18.9 Å². The monoisotopic (exact) mass is 297 g/mol. The summed E-state index contributed by atoms with van der Waals surface area (Å²) in [5.74, 6) is 0.351. The van der Waals surface area contributed by atoms with E-state index in [1.807, 2.05) is 6.92 Å². The van der Waals surface area contributed by atoms with Gasteiger partial charge in [0, 0.05) is 24.5 Å². The van der Waals surface area contributed by atoms with E-state index in [0.717, 1.165) is 12.1 Å². The minimum absolute atomic E-state index is 0.351. The molecule has 1 aromatic heterocycles. The van der Waals surface area contributed by atoms with E-state index in [9.17, 15) is 13.2 Å². The van der Waals surface area contributed by atoms with E-state index < -0.39 is 18.0 Å². The molecule has 0 bridgehead atoms. The number of hydrogen-bond acceptors (Lipinski definition) is 4. The first kappa shape index (κ1) is 15.1. The maximum atomic E-state index is 12.5. The van der Waals surface area contributed by atoms with Gasteiger partial charge >= 0.3 is 6.18 Å². The highest BCUT2D eigenvalue weighted by Crippen LogP contribution is 2.30. The molecule has 4 nitrogen and oxygen atoms in total. The van der Waals surface area contributed by atoms with Gasteiger partial charge in [-0.25, -0.2) is 4.98 Å². The molecular formula is C14H14F3N3O. The molecule has 2 rings (SSSR count). The number of nitrogens with zero attached hydrogens (tertiary/aromatic N) is 2. The number of aromatic nitrogens is 2. The van der Waals surface area contributed by atoms with Crippen LogP contribution in [0.2, 0.25) is 0 Å². The third kappa shape index (κ3) is 4.34. The summed E-state index contributed by atoms with van der Waals surface area (Å²) in [5, 5.41) is 3.00. The van der Waals surface area contributed by atoms with Gasteiger partial charge in [0.1, 0.15) is 0 Å². The summed E-state index contributed by atoms with van der Waals surface area (Å²) in [6, 6.07) is 4.78. The van der Waals surface area contributed by atoms with Crippen LogP contribution in [-0.2, 0) is 6.18 Å². The first-order chi connectivity index (χ1) is 9.99. The van der Waals surface area contributed by atoms with Crippen LogP contribution in [0.25, 0.3) is 0 Å². The van der Waals surface area contributed by atoms with Crippen molar-refractivity contribution < 1.29 is 17.9 Å². The van der Waals surface area contributed by atoms with Crippen molar-refractivity contribution in [3.63, 3.8) is 0 Å². The van der Waals surface area contributed by atoms with Gasteiger partial charge in [0.25, 0.3) is 0 Å². The molecular weight excluding hydrogens is 283 g/mol. The van der Waals surface area contributed by atoms with E-state index in [2.05, 4.69) is 15.3 Å². The Morgan fingerprint density at radius 3 is 2.43 bits per heavy atom. The number of benzene rings is 1. The lowest BCUT2D eigenvalue weighted by molar-refractivity contribution is -0.137. The first-order valence-electron chi connectivity index (χ1n) is 6.35. The minimum atomic E-state index is -4.33. The normalized spacial score (nSPS) is 12.8. The smallest absolute Gasteiger partial charge is 0.416 e. The fourth-order valence-corrected chi connectivity index (χ4v) is 1.65. The maximum Gasteiger partial charge on any atom is 0.416 e. The van der Waals surface area contributed by atoms with Crippen LogP contribution in [0.1, 0.15) is 18.9 Å². The summed E-state index contributed by atoms with van der Waals surface area (Å²) in [6.45, 7) is 1.89. The molecule has 0 aliphatic carbocycles. The van der Waals surface area contributed by atoms with Crippen LogP contribution in [0.3, 0.4) is 0 Å². The molecule has 0 fully saturated rings. The number of hydrogen-bond donors (Lipinski definition) is 1. The van der Waals surface area contributed by atoms with Crippen molar-refractivity contribution in [1.82, 2.24) is 9.97 Å². The molecule has 21 heavy (non-hydrogen) atoms. The van der Waals surface area contributed by atoms with Gasteiger partial charge in [0.05, 0.1) is 11.8 Å². The van der Waals surface area contributed by atoms with Crippen LogP contribution in [0.15, 0.2) is 42.9 Å². The fraction of sp³-hybridized carbons (Fsp3) is 0.286. The second-order valence-corrected chi connectivity index (χ2v) is 4.28. The minimum Gasteiger partial charge on any atom is -0.453 e. The molecule has 0 aliphatic heterocycles. The van der Waals surface area contributed by atoms with Gasteiger partial charge in [0.2, 0.25) is 5.88 Å². The molecule has 1 unspecified atom stereocenters. The molecule has 0 saturated heterocycles. The number of rotatable bonds is 5. The quantitative estimate of drug-likeness (QED) is 0.854. The Morgan fingerprint density at radius 2 is 1.90 bits per heavy atom. The lowest BCUT2D eigenvalue weighted by atomic mass is 10.2. The van der Waals surface area contributed by atoms with Crippen LogP contribution in [0, 0.1) is 0 Å². The Balaban J connectivity index is 2.02. The van der Waals surface area contributed by atoms with Crippen molar-refractivity contribution in [3.8, 4) is 5.88 Å². The van der Waals surface area contributed by atoms with Crippen molar-refractivity contribution in [1.29, 1.82) is 0 Å². The molecule has 0 aliphatic rings. The Hall–Kier alpha value is -2.31. The summed E-state index contributed by atoms with van der Waals surface area (Å²) < 4.78 is 43.0. The van der Waals surface area contributed by atoms with E-state index in [-0.39, 0.29) is 0 Å². The zero-order valence-corrected chi connectivity index (χ0v) is 11.3. The lowest BCUT2D eigenvalue weighted by Gasteiger charge is -2.19. The number of alkyl halides is 3. The average molecular weight is 297 g/mol. The second-order valence-electron chi connectivity index (χ2n) is 4.28. The standard InChI is InChI=1S/C14H14F3N3O/c1-2-12(21-13-9-18-7-8-19-13)20-11-5-3-10(4-6-11)14(15,16)17/h3-9,12,20H,2H2,1H3. The van der Waals surface area contributed by atoms with Crippen molar-refractivity contribution in [2.75, 3.05) is 5.32 Å². The molecule has 1 aromatic carbocycles. The maximum absolute atomic E-state index is 12.5. The van der Waals surface area contributed by atoms with Gasteiger partial charge < -0.3 is 10.1 Å². The van der Waals surface area contributed by atoms with Crippen LogP contribution in [0.5, 0.6) is 5.88 Å². The Morgan fingerprint density at radius 1 is 1.19 bits per heavy atom. The molecule has 0 saturated carbocycles. The number of halogens is 3. The number of anilines is 1. The van der Waals surface area contributed by atoms with E-state index >= 15 is 0 Å². The molecule has 0 radical (unpaired) electrons. The topological polar surface area (TPSA) is 47.0 Å². The van der Waals surface area contributed by atoms with E-state index in [4.69, 9.17) is 4.74 Å². The summed E-state index contributed by atoms with van der Waals surface area (Å²) in [7, 11) is 0. The molecule has 2 aromatic rings. The Bertz CT molecular complexity index is 558. The van der Waals surface area contributed by atoms with Gasteiger partial charge in [-0.15, -0.1) is 0 Å². The molecule has 1 heterocycles. The van der Waals surface area contributed by atoms with Crippen molar-refractivity contribution in [3.05, 3.63) is 48.4 Å². The van der Waals surface area contributed by atoms with Gasteiger partial charge in [-0.2, -0.15) is 13.2 Å². The van der Waals surface area contributed by atoms with Crippen LogP contribution >= 0.6 is 0 Å². The van der Waals surface area contributed by atoms with Crippen LogP contribution < -0.4 is 10.1 Å². The highest BCUT2D eigenvalue weighted by Gasteiger charge is 2.30. The fourth-order valence-electron chi connectivity index (χ4n) is 1.65. The van der Waals surface area contributed by atoms with Gasteiger partial charge in [0.15, 0.2) is 6.23 Å². The van der Waals surface area contributed by atoms with E-state index in [0.29, 0.717) is 18.0 Å². The second kappa shape index (κ2) is 6.43. The predicted molar refractivity (Wildman–Crippen MR) is 71.8 cm³/mol. The molecule has 1 atom stereocenters. The zero-order valence-electron chi connectivity index (χ0n) is 11.3. The molecule has 0 spiro atoms. The summed E-state index contributed by atoms with van der Waals surface area (Å²) in [6.07, 6.45) is 0.364.